The molecule has 0 unspecified atom stereocenters. The second-order valence-corrected chi connectivity index (χ2v) is 4.85. The Morgan fingerprint density at radius 2 is 1.81 bits per heavy atom. The largest absolute Gasteiger partial charge is 0.368 e. The molecular formula is C11H19N3O2. The Hall–Kier alpha value is -1.10. The molecule has 5 heteroatoms. The minimum absolute atomic E-state index is 0.0122. The van der Waals surface area contributed by atoms with Gasteiger partial charge in [-0.05, 0) is 12.8 Å². The number of amides is 2. The first-order valence-electron chi connectivity index (χ1n) is 5.97. The van der Waals surface area contributed by atoms with Crippen molar-refractivity contribution in [3.8, 4) is 0 Å². The molecule has 0 aromatic carbocycles. The number of hydrogen-bond acceptors (Lipinski definition) is 3. The van der Waals surface area contributed by atoms with E-state index < -0.39 is 5.54 Å². The second-order valence-electron chi connectivity index (χ2n) is 4.85. The first-order chi connectivity index (χ1) is 7.64. The molecule has 2 amide bonds. The number of primary amides is 1. The van der Waals surface area contributed by atoms with Gasteiger partial charge in [-0.2, -0.15) is 0 Å². The van der Waals surface area contributed by atoms with Crippen LogP contribution in [0.5, 0.6) is 0 Å². The second kappa shape index (κ2) is 4.41. The van der Waals surface area contributed by atoms with Gasteiger partial charge in [0.25, 0.3) is 0 Å². The third-order valence-corrected chi connectivity index (χ3v) is 3.69. The van der Waals surface area contributed by atoms with E-state index in [4.69, 9.17) is 5.73 Å². The molecule has 2 aliphatic rings. The maximum Gasteiger partial charge on any atom is 0.243 e. The lowest BCUT2D eigenvalue weighted by molar-refractivity contribution is -0.135. The van der Waals surface area contributed by atoms with E-state index in [-0.39, 0.29) is 17.7 Å². The zero-order valence-electron chi connectivity index (χ0n) is 9.42. The summed E-state index contributed by atoms with van der Waals surface area (Å²) in [5, 5.41) is 5.92. The fourth-order valence-corrected chi connectivity index (χ4v) is 2.40. The zero-order chi connectivity index (χ0) is 11.6. The Morgan fingerprint density at radius 3 is 2.25 bits per heavy atom. The Labute approximate surface area is 95.1 Å². The Kier molecular flexibility index (Phi) is 3.14. The van der Waals surface area contributed by atoms with E-state index in [2.05, 4.69) is 10.6 Å². The van der Waals surface area contributed by atoms with Crippen molar-refractivity contribution in [3.05, 3.63) is 0 Å². The molecular weight excluding hydrogens is 206 g/mol. The fourth-order valence-electron chi connectivity index (χ4n) is 2.40. The molecule has 0 spiro atoms. The highest BCUT2D eigenvalue weighted by molar-refractivity contribution is 5.91. The molecule has 0 bridgehead atoms. The van der Waals surface area contributed by atoms with Crippen molar-refractivity contribution in [2.24, 2.45) is 11.7 Å². The lowest BCUT2D eigenvalue weighted by Crippen LogP contribution is -2.62. The van der Waals surface area contributed by atoms with Gasteiger partial charge in [0, 0.05) is 13.1 Å². The highest BCUT2D eigenvalue weighted by Gasteiger charge is 2.41. The molecule has 1 saturated heterocycles. The smallest absolute Gasteiger partial charge is 0.243 e. The topological polar surface area (TPSA) is 84.2 Å². The summed E-state index contributed by atoms with van der Waals surface area (Å²) in [4.78, 5) is 23.4. The summed E-state index contributed by atoms with van der Waals surface area (Å²) in [5.41, 5.74) is 4.67. The van der Waals surface area contributed by atoms with Crippen molar-refractivity contribution in [1.82, 2.24) is 10.6 Å². The van der Waals surface area contributed by atoms with Gasteiger partial charge in [0.15, 0.2) is 0 Å². The molecule has 0 aromatic rings. The molecule has 1 aliphatic heterocycles. The minimum atomic E-state index is -0.773. The van der Waals surface area contributed by atoms with Gasteiger partial charge in [-0.3, -0.25) is 9.59 Å². The third kappa shape index (κ3) is 2.04. The Morgan fingerprint density at radius 1 is 1.19 bits per heavy atom. The number of nitrogens with two attached hydrogens (primary N) is 1. The van der Waals surface area contributed by atoms with Crippen molar-refractivity contribution >= 4 is 11.8 Å². The molecule has 0 radical (unpaired) electrons. The molecule has 4 N–H and O–H groups in total. The molecule has 0 aromatic heterocycles. The van der Waals surface area contributed by atoms with Crippen LogP contribution >= 0.6 is 0 Å². The highest BCUT2D eigenvalue weighted by atomic mass is 16.2. The third-order valence-electron chi connectivity index (χ3n) is 3.69. The van der Waals surface area contributed by atoms with Gasteiger partial charge in [0.2, 0.25) is 11.8 Å². The van der Waals surface area contributed by atoms with Gasteiger partial charge in [-0.15, -0.1) is 0 Å². The van der Waals surface area contributed by atoms with Gasteiger partial charge in [-0.25, -0.2) is 0 Å². The highest BCUT2D eigenvalue weighted by Crippen LogP contribution is 2.28. The molecule has 5 nitrogen and oxygen atoms in total. The SMILES string of the molecule is NC(=O)C1(NC(=O)C2CNC2)CCCCC1. The first kappa shape index (κ1) is 11.4. The molecule has 1 aliphatic carbocycles. The molecule has 90 valence electrons. The number of rotatable bonds is 3. The van der Waals surface area contributed by atoms with E-state index in [1.807, 2.05) is 0 Å². The van der Waals surface area contributed by atoms with E-state index >= 15 is 0 Å². The quantitative estimate of drug-likeness (QED) is 0.606. The van der Waals surface area contributed by atoms with Crippen molar-refractivity contribution in [1.29, 1.82) is 0 Å². The molecule has 2 rings (SSSR count). The van der Waals surface area contributed by atoms with Gasteiger partial charge < -0.3 is 16.4 Å². The van der Waals surface area contributed by atoms with Crippen LogP contribution in [0.15, 0.2) is 0 Å². The number of carbonyl (C=O) groups is 2. The molecule has 2 fully saturated rings. The lowest BCUT2D eigenvalue weighted by Gasteiger charge is -2.37. The first-order valence-corrected chi connectivity index (χ1v) is 5.97. The monoisotopic (exact) mass is 225 g/mol. The van der Waals surface area contributed by atoms with Crippen LogP contribution in [0.2, 0.25) is 0 Å². The van der Waals surface area contributed by atoms with Crippen LogP contribution in [0.3, 0.4) is 0 Å². The summed E-state index contributed by atoms with van der Waals surface area (Å²) in [6, 6.07) is 0. The van der Waals surface area contributed by atoms with Crippen LogP contribution in [-0.4, -0.2) is 30.4 Å². The molecule has 1 saturated carbocycles. The summed E-state index contributed by atoms with van der Waals surface area (Å²) in [6.45, 7) is 1.42. The van der Waals surface area contributed by atoms with Gasteiger partial charge >= 0.3 is 0 Å². The van der Waals surface area contributed by atoms with Gasteiger partial charge in [-0.1, -0.05) is 19.3 Å². The van der Waals surface area contributed by atoms with Crippen molar-refractivity contribution in [2.75, 3.05) is 13.1 Å². The number of nitrogens with one attached hydrogen (secondary N) is 2. The summed E-state index contributed by atoms with van der Waals surface area (Å²) in [7, 11) is 0. The fraction of sp³-hybridized carbons (Fsp3) is 0.818. The minimum Gasteiger partial charge on any atom is -0.368 e. The van der Waals surface area contributed by atoms with E-state index in [1.165, 1.54) is 0 Å². The molecule has 0 atom stereocenters. The Balaban J connectivity index is 2.01. The summed E-state index contributed by atoms with van der Waals surface area (Å²) >= 11 is 0. The predicted molar refractivity (Wildman–Crippen MR) is 59.5 cm³/mol. The lowest BCUT2D eigenvalue weighted by atomic mass is 9.80. The zero-order valence-corrected chi connectivity index (χ0v) is 9.42. The van der Waals surface area contributed by atoms with Crippen LogP contribution in [0.4, 0.5) is 0 Å². The summed E-state index contributed by atoms with van der Waals surface area (Å²) < 4.78 is 0. The van der Waals surface area contributed by atoms with E-state index in [0.717, 1.165) is 19.3 Å². The normalized spacial score (nSPS) is 24.5. The van der Waals surface area contributed by atoms with Crippen molar-refractivity contribution in [3.63, 3.8) is 0 Å². The van der Waals surface area contributed by atoms with Crippen molar-refractivity contribution in [2.45, 2.75) is 37.6 Å². The van der Waals surface area contributed by atoms with Crippen LogP contribution in [0.1, 0.15) is 32.1 Å². The van der Waals surface area contributed by atoms with Gasteiger partial charge in [0.1, 0.15) is 5.54 Å². The van der Waals surface area contributed by atoms with E-state index in [9.17, 15) is 9.59 Å². The molecule has 1 heterocycles. The van der Waals surface area contributed by atoms with Crippen LogP contribution < -0.4 is 16.4 Å². The average molecular weight is 225 g/mol. The summed E-state index contributed by atoms with van der Waals surface area (Å²) in [6.07, 6.45) is 4.43. The van der Waals surface area contributed by atoms with Crippen LogP contribution in [0.25, 0.3) is 0 Å². The maximum absolute atomic E-state index is 11.8. The van der Waals surface area contributed by atoms with Crippen LogP contribution in [-0.2, 0) is 9.59 Å². The number of carbonyl (C=O) groups excluding carboxylic acids is 2. The average Bonchev–Trinajstić information content (AvgIpc) is 2.15. The van der Waals surface area contributed by atoms with Crippen molar-refractivity contribution < 1.29 is 9.59 Å². The Bertz CT molecular complexity index is 294. The summed E-state index contributed by atoms with van der Waals surface area (Å²) in [5.74, 6) is -0.398. The maximum atomic E-state index is 11.8. The van der Waals surface area contributed by atoms with E-state index in [1.54, 1.807) is 0 Å². The van der Waals surface area contributed by atoms with Crippen LogP contribution in [0, 0.1) is 5.92 Å². The number of hydrogen-bond donors (Lipinski definition) is 3. The standard InChI is InChI=1S/C11H19N3O2/c12-10(16)11(4-2-1-3-5-11)14-9(15)8-6-13-7-8/h8,13H,1-7H2,(H2,12,16)(H,14,15). The molecule has 16 heavy (non-hydrogen) atoms. The van der Waals surface area contributed by atoms with E-state index in [0.29, 0.717) is 25.9 Å². The predicted octanol–water partition coefficient (Wildman–Crippen LogP) is -0.490. The van der Waals surface area contributed by atoms with Gasteiger partial charge in [0.05, 0.1) is 5.92 Å².